The number of benzene rings is 2. The van der Waals surface area contributed by atoms with Crippen LogP contribution in [0.3, 0.4) is 0 Å². The van der Waals surface area contributed by atoms with Crippen LogP contribution in [0.25, 0.3) is 0 Å². The molecule has 2 aliphatic heterocycles. The topological polar surface area (TPSA) is 106 Å². The lowest BCUT2D eigenvalue weighted by Crippen LogP contribution is -2.36. The number of hydrogen-bond acceptors (Lipinski definition) is 9. The number of halogens is 1. The van der Waals surface area contributed by atoms with Gasteiger partial charge in [-0.05, 0) is 24.3 Å². The van der Waals surface area contributed by atoms with Crippen LogP contribution in [0.15, 0.2) is 35.1 Å². The van der Waals surface area contributed by atoms with E-state index < -0.39 is 16.8 Å². The number of rotatable bonds is 6. The van der Waals surface area contributed by atoms with Crippen LogP contribution in [0.2, 0.25) is 5.02 Å². The summed E-state index contributed by atoms with van der Waals surface area (Å²) in [6.07, 6.45) is 0.0108. The Morgan fingerprint density at radius 2 is 1.92 bits per heavy atom. The highest BCUT2D eigenvalue weighted by Gasteiger charge is 2.41. The number of thiazole rings is 1. The number of fused-ring (bicyclic) bond motifs is 2. The summed E-state index contributed by atoms with van der Waals surface area (Å²) in [7, 11) is 4.20. The molecule has 10 nitrogen and oxygen atoms in total. The number of aromatic nitrogens is 1. The highest BCUT2D eigenvalue weighted by atomic mass is 35.5. The van der Waals surface area contributed by atoms with Crippen LogP contribution in [0.4, 0.5) is 11.5 Å². The van der Waals surface area contributed by atoms with Gasteiger partial charge in [0.1, 0.15) is 12.4 Å². The van der Waals surface area contributed by atoms with Gasteiger partial charge < -0.3 is 23.7 Å². The molecule has 1 unspecified atom stereocenters. The van der Waals surface area contributed by atoms with Crippen molar-refractivity contribution in [2.24, 2.45) is 0 Å². The molecule has 188 valence electrons. The Hall–Kier alpha value is -3.70. The van der Waals surface area contributed by atoms with Gasteiger partial charge in [-0.25, -0.2) is 0 Å². The number of methoxy groups -OCH3 is 3. The van der Waals surface area contributed by atoms with Crippen LogP contribution < -0.4 is 28.7 Å². The molecule has 1 atom stereocenters. The molecular weight excluding hydrogens is 512 g/mol. The smallest absolute Gasteiger partial charge is 0.325 e. The zero-order valence-electron chi connectivity index (χ0n) is 19.5. The number of amides is 1. The molecule has 2 aromatic carbocycles. The van der Waals surface area contributed by atoms with Gasteiger partial charge in [0.15, 0.2) is 11.5 Å². The van der Waals surface area contributed by atoms with Gasteiger partial charge in [0.05, 0.1) is 31.9 Å². The molecule has 0 N–H and O–H groups in total. The summed E-state index contributed by atoms with van der Waals surface area (Å²) < 4.78 is 28.4. The van der Waals surface area contributed by atoms with Gasteiger partial charge in [-0.1, -0.05) is 29.0 Å². The maximum Gasteiger partial charge on any atom is 0.325 e. The number of hydrogen-bond donors (Lipinski definition) is 0. The minimum atomic E-state index is -0.624. The SMILES string of the molecule is COC(=O)Cn1c2c(sc1=O)C(c1cc3c(c(OC)c1OC)OCO3)CC(=O)N2c1cccc(Cl)c1. The second kappa shape index (κ2) is 9.40. The number of ether oxygens (including phenoxy) is 5. The predicted octanol–water partition coefficient (Wildman–Crippen LogP) is 3.68. The minimum absolute atomic E-state index is 0.0108. The molecular formula is C24H21ClN2O8S. The molecule has 3 aromatic rings. The van der Waals surface area contributed by atoms with Crippen LogP contribution in [0.5, 0.6) is 23.0 Å². The van der Waals surface area contributed by atoms with Gasteiger partial charge in [-0.15, -0.1) is 0 Å². The zero-order chi connectivity index (χ0) is 25.6. The lowest BCUT2D eigenvalue weighted by Gasteiger charge is -2.33. The van der Waals surface area contributed by atoms with Crippen molar-refractivity contribution >= 4 is 46.3 Å². The standard InChI is InChI=1S/C24H21ClN2O8S/c1-31-18(29)10-26-23-22(36-24(26)30)15(9-17(28)27(23)13-6-4-5-12(25)7-13)14-8-16-20(35-11-34-16)21(33-3)19(14)32-2/h4-8,15H,9-11H2,1-3H3. The fourth-order valence-corrected chi connectivity index (χ4v) is 5.76. The Bertz CT molecular complexity index is 1430. The quantitative estimate of drug-likeness (QED) is 0.443. The number of carbonyl (C=O) groups is 2. The predicted molar refractivity (Wildman–Crippen MR) is 131 cm³/mol. The Morgan fingerprint density at radius 3 is 2.61 bits per heavy atom. The maximum absolute atomic E-state index is 13.7. The van der Waals surface area contributed by atoms with Crippen molar-refractivity contribution in [3.8, 4) is 23.0 Å². The minimum Gasteiger partial charge on any atom is -0.492 e. The van der Waals surface area contributed by atoms with Gasteiger partial charge in [-0.3, -0.25) is 23.9 Å². The van der Waals surface area contributed by atoms with E-state index in [1.165, 1.54) is 30.8 Å². The van der Waals surface area contributed by atoms with Gasteiger partial charge in [0.25, 0.3) is 0 Å². The number of carbonyl (C=O) groups excluding carboxylic acids is 2. The molecule has 1 amide bonds. The van der Waals surface area contributed by atoms with E-state index in [1.807, 2.05) is 0 Å². The lowest BCUT2D eigenvalue weighted by molar-refractivity contribution is -0.141. The molecule has 0 spiro atoms. The Morgan fingerprint density at radius 1 is 1.14 bits per heavy atom. The summed E-state index contributed by atoms with van der Waals surface area (Å²) in [6.45, 7) is -0.349. The van der Waals surface area contributed by atoms with E-state index in [9.17, 15) is 14.4 Å². The zero-order valence-corrected chi connectivity index (χ0v) is 21.1. The molecule has 0 fully saturated rings. The van der Waals surface area contributed by atoms with Gasteiger partial charge in [0, 0.05) is 22.9 Å². The van der Waals surface area contributed by atoms with Gasteiger partial charge in [0.2, 0.25) is 24.2 Å². The van der Waals surface area contributed by atoms with Gasteiger partial charge in [-0.2, -0.15) is 0 Å². The van der Waals surface area contributed by atoms with Crippen LogP contribution in [0.1, 0.15) is 22.8 Å². The van der Waals surface area contributed by atoms with Crippen molar-refractivity contribution in [3.63, 3.8) is 0 Å². The van der Waals surface area contributed by atoms with E-state index in [1.54, 1.807) is 30.3 Å². The van der Waals surface area contributed by atoms with E-state index >= 15 is 0 Å². The fraction of sp³-hybridized carbons (Fsp3) is 0.292. The Labute approximate surface area is 214 Å². The maximum atomic E-state index is 13.7. The van der Waals surface area contributed by atoms with E-state index in [0.29, 0.717) is 44.1 Å². The Balaban J connectivity index is 1.75. The summed E-state index contributed by atoms with van der Waals surface area (Å²) in [5, 5.41) is 0.420. The molecule has 3 heterocycles. The first-order valence-electron chi connectivity index (χ1n) is 10.8. The first kappa shape index (κ1) is 24.0. The van der Waals surface area contributed by atoms with Crippen LogP contribution in [0, 0.1) is 0 Å². The average molecular weight is 533 g/mol. The van der Waals surface area contributed by atoms with E-state index in [0.717, 1.165) is 11.3 Å². The van der Waals surface area contributed by atoms with Crippen LogP contribution in [-0.4, -0.2) is 44.6 Å². The van der Waals surface area contributed by atoms with E-state index in [4.69, 9.17) is 35.3 Å². The molecule has 1 aromatic heterocycles. The molecule has 0 bridgehead atoms. The third-order valence-electron chi connectivity index (χ3n) is 6.02. The van der Waals surface area contributed by atoms with Crippen molar-refractivity contribution in [3.05, 3.63) is 55.5 Å². The van der Waals surface area contributed by atoms with Crippen molar-refractivity contribution in [1.29, 1.82) is 0 Å². The molecule has 0 saturated heterocycles. The summed E-state index contributed by atoms with van der Waals surface area (Å²) in [5.74, 6) is 0.297. The van der Waals surface area contributed by atoms with E-state index in [2.05, 4.69) is 0 Å². The molecule has 0 aliphatic carbocycles. The molecule has 36 heavy (non-hydrogen) atoms. The average Bonchev–Trinajstić information content (AvgIpc) is 3.46. The van der Waals surface area contributed by atoms with Gasteiger partial charge >= 0.3 is 10.8 Å². The van der Waals surface area contributed by atoms with Crippen LogP contribution in [-0.2, 0) is 20.9 Å². The largest absolute Gasteiger partial charge is 0.492 e. The number of esters is 1. The summed E-state index contributed by atoms with van der Waals surface area (Å²) in [4.78, 5) is 40.6. The molecule has 12 heteroatoms. The van der Waals surface area contributed by atoms with Crippen molar-refractivity contribution < 1.29 is 33.3 Å². The summed E-state index contributed by atoms with van der Waals surface area (Å²) >= 11 is 7.16. The lowest BCUT2D eigenvalue weighted by atomic mass is 9.89. The number of nitrogens with zero attached hydrogens (tertiary/aromatic N) is 2. The Kier molecular flexibility index (Phi) is 6.27. The summed E-state index contributed by atoms with van der Waals surface area (Å²) in [6, 6.07) is 8.45. The normalized spacial score (nSPS) is 16.1. The van der Waals surface area contributed by atoms with E-state index in [-0.39, 0.29) is 31.5 Å². The monoisotopic (exact) mass is 532 g/mol. The second-order valence-electron chi connectivity index (χ2n) is 7.95. The highest BCUT2D eigenvalue weighted by Crippen LogP contribution is 2.54. The first-order valence-corrected chi connectivity index (χ1v) is 12.0. The highest BCUT2D eigenvalue weighted by molar-refractivity contribution is 7.10. The first-order chi connectivity index (χ1) is 17.4. The van der Waals surface area contributed by atoms with Crippen molar-refractivity contribution in [1.82, 2.24) is 4.57 Å². The molecule has 0 saturated carbocycles. The second-order valence-corrected chi connectivity index (χ2v) is 9.38. The van der Waals surface area contributed by atoms with Crippen molar-refractivity contribution in [2.75, 3.05) is 33.0 Å². The summed E-state index contributed by atoms with van der Waals surface area (Å²) in [5.41, 5.74) is 1.06. The number of anilines is 2. The molecule has 5 rings (SSSR count). The fourth-order valence-electron chi connectivity index (χ4n) is 4.48. The third kappa shape index (κ3) is 3.84. The molecule has 2 aliphatic rings. The third-order valence-corrected chi connectivity index (χ3v) is 7.33. The van der Waals surface area contributed by atoms with Crippen molar-refractivity contribution in [2.45, 2.75) is 18.9 Å². The molecule has 0 radical (unpaired) electrons. The van der Waals surface area contributed by atoms with Crippen LogP contribution >= 0.6 is 22.9 Å².